The first kappa shape index (κ1) is 19.1. The maximum Gasteiger partial charge on any atom is 0.241 e. The predicted octanol–water partition coefficient (Wildman–Crippen LogP) is 4.55. The van der Waals surface area contributed by atoms with Crippen molar-refractivity contribution in [3.8, 4) is 11.1 Å². The molecule has 3 rings (SSSR count). The minimum absolute atomic E-state index is 0.0118. The molecule has 5 heteroatoms. The van der Waals surface area contributed by atoms with Crippen LogP contribution in [0.5, 0.6) is 0 Å². The Kier molecular flexibility index (Phi) is 5.07. The topological polar surface area (TPSA) is 83.8 Å². The first-order valence-corrected chi connectivity index (χ1v) is 9.26. The van der Waals surface area contributed by atoms with Gasteiger partial charge >= 0.3 is 0 Å². The van der Waals surface area contributed by atoms with E-state index in [2.05, 4.69) is 42.1 Å². The number of nitrogens with two attached hydrogens (primary N) is 1. The standard InChI is InChI=1S/C22H28N4O/c1-13-10-15(26-21(27)19(23)12-22(3,4)5)6-7-16(13)17-8-9-24-20-18(17)11-14(2)25-20/h6-11,19H,12,23H2,1-5H3,(H,24,25)(H,26,27). The van der Waals surface area contributed by atoms with Crippen molar-refractivity contribution in [2.24, 2.45) is 11.1 Å². The van der Waals surface area contributed by atoms with Crippen molar-refractivity contribution in [1.82, 2.24) is 9.97 Å². The van der Waals surface area contributed by atoms with E-state index in [4.69, 9.17) is 5.73 Å². The summed E-state index contributed by atoms with van der Waals surface area (Å²) in [5.74, 6) is -0.148. The second-order valence-electron chi connectivity index (χ2n) is 8.46. The summed E-state index contributed by atoms with van der Waals surface area (Å²) in [6, 6.07) is 9.57. The number of pyridine rings is 1. The Hall–Kier alpha value is -2.66. The van der Waals surface area contributed by atoms with Gasteiger partial charge in [0.15, 0.2) is 0 Å². The number of carbonyl (C=O) groups excluding carboxylic acids is 1. The monoisotopic (exact) mass is 364 g/mol. The number of benzene rings is 1. The van der Waals surface area contributed by atoms with Gasteiger partial charge < -0.3 is 16.0 Å². The van der Waals surface area contributed by atoms with Gasteiger partial charge in [-0.2, -0.15) is 0 Å². The number of hydrogen-bond donors (Lipinski definition) is 3. The lowest BCUT2D eigenvalue weighted by Crippen LogP contribution is -2.38. The van der Waals surface area contributed by atoms with Crippen LogP contribution in [0.25, 0.3) is 22.2 Å². The molecule has 2 heterocycles. The summed E-state index contributed by atoms with van der Waals surface area (Å²) in [5, 5.41) is 4.04. The molecule has 2 aromatic heterocycles. The van der Waals surface area contributed by atoms with E-state index in [0.717, 1.165) is 39.1 Å². The van der Waals surface area contributed by atoms with E-state index in [1.807, 2.05) is 44.3 Å². The van der Waals surface area contributed by atoms with Gasteiger partial charge in [-0.25, -0.2) is 4.98 Å². The van der Waals surface area contributed by atoms with E-state index in [1.54, 1.807) is 0 Å². The van der Waals surface area contributed by atoms with Crippen LogP contribution >= 0.6 is 0 Å². The summed E-state index contributed by atoms with van der Waals surface area (Å²) in [4.78, 5) is 20.1. The number of fused-ring (bicyclic) bond motifs is 1. The Morgan fingerprint density at radius 2 is 1.93 bits per heavy atom. The quantitative estimate of drug-likeness (QED) is 0.635. The average Bonchev–Trinajstić information content (AvgIpc) is 2.93. The average molecular weight is 364 g/mol. The zero-order valence-electron chi connectivity index (χ0n) is 16.7. The third kappa shape index (κ3) is 4.37. The molecule has 0 saturated carbocycles. The molecule has 0 bridgehead atoms. The Morgan fingerprint density at radius 3 is 2.59 bits per heavy atom. The molecule has 4 N–H and O–H groups in total. The van der Waals surface area contributed by atoms with Gasteiger partial charge in [0.2, 0.25) is 5.91 Å². The number of nitrogens with one attached hydrogen (secondary N) is 2. The van der Waals surface area contributed by atoms with Gasteiger partial charge in [-0.15, -0.1) is 0 Å². The smallest absolute Gasteiger partial charge is 0.241 e. The molecule has 1 aromatic carbocycles. The minimum Gasteiger partial charge on any atom is -0.344 e. The maximum atomic E-state index is 12.4. The molecule has 0 radical (unpaired) electrons. The number of aryl methyl sites for hydroxylation is 2. The summed E-state index contributed by atoms with van der Waals surface area (Å²) in [5.41, 5.74) is 12.1. The molecule has 5 nitrogen and oxygen atoms in total. The molecular weight excluding hydrogens is 336 g/mol. The van der Waals surface area contributed by atoms with E-state index < -0.39 is 6.04 Å². The molecule has 1 unspecified atom stereocenters. The van der Waals surface area contributed by atoms with Crippen LogP contribution in [0.4, 0.5) is 5.69 Å². The Labute approximate surface area is 160 Å². The van der Waals surface area contributed by atoms with Crippen molar-refractivity contribution in [3.05, 3.63) is 47.8 Å². The van der Waals surface area contributed by atoms with E-state index in [0.29, 0.717) is 6.42 Å². The van der Waals surface area contributed by atoms with Crippen molar-refractivity contribution in [2.75, 3.05) is 5.32 Å². The Bertz CT molecular complexity index is 982. The van der Waals surface area contributed by atoms with Gasteiger partial charge in [-0.3, -0.25) is 4.79 Å². The van der Waals surface area contributed by atoms with E-state index >= 15 is 0 Å². The fourth-order valence-electron chi connectivity index (χ4n) is 3.42. The van der Waals surface area contributed by atoms with Crippen LogP contribution in [0.2, 0.25) is 0 Å². The third-order valence-electron chi connectivity index (χ3n) is 4.62. The zero-order valence-corrected chi connectivity index (χ0v) is 16.7. The molecule has 0 saturated heterocycles. The molecule has 0 fully saturated rings. The number of H-pyrrole nitrogens is 1. The lowest BCUT2D eigenvalue weighted by Gasteiger charge is -2.22. The number of rotatable bonds is 4. The van der Waals surface area contributed by atoms with Crippen LogP contribution < -0.4 is 11.1 Å². The number of aromatic nitrogens is 2. The molecule has 0 aliphatic carbocycles. The highest BCUT2D eigenvalue weighted by Gasteiger charge is 2.21. The van der Waals surface area contributed by atoms with E-state index in [1.165, 1.54) is 0 Å². The molecule has 0 aliphatic heterocycles. The first-order valence-electron chi connectivity index (χ1n) is 9.26. The molecular formula is C22H28N4O. The molecule has 1 amide bonds. The van der Waals surface area contributed by atoms with Crippen molar-refractivity contribution < 1.29 is 4.79 Å². The Morgan fingerprint density at radius 1 is 1.19 bits per heavy atom. The Balaban J connectivity index is 1.85. The van der Waals surface area contributed by atoms with Crippen molar-refractivity contribution >= 4 is 22.6 Å². The zero-order chi connectivity index (χ0) is 19.8. The lowest BCUT2D eigenvalue weighted by atomic mass is 9.88. The summed E-state index contributed by atoms with van der Waals surface area (Å²) in [6.45, 7) is 10.3. The van der Waals surface area contributed by atoms with Gasteiger partial charge in [0.05, 0.1) is 6.04 Å². The van der Waals surface area contributed by atoms with Gasteiger partial charge in [0, 0.05) is 23.0 Å². The molecule has 27 heavy (non-hydrogen) atoms. The number of amides is 1. The molecule has 3 aromatic rings. The largest absolute Gasteiger partial charge is 0.344 e. The molecule has 0 aliphatic rings. The molecule has 1 atom stereocenters. The van der Waals surface area contributed by atoms with Crippen LogP contribution in [-0.4, -0.2) is 21.9 Å². The van der Waals surface area contributed by atoms with E-state index in [-0.39, 0.29) is 11.3 Å². The molecule has 142 valence electrons. The van der Waals surface area contributed by atoms with Crippen LogP contribution in [0.15, 0.2) is 36.5 Å². The van der Waals surface area contributed by atoms with Gasteiger partial charge in [-0.1, -0.05) is 26.8 Å². The third-order valence-corrected chi connectivity index (χ3v) is 4.62. The van der Waals surface area contributed by atoms with Crippen molar-refractivity contribution in [1.29, 1.82) is 0 Å². The van der Waals surface area contributed by atoms with Gasteiger partial charge in [0.1, 0.15) is 5.65 Å². The SMILES string of the molecule is Cc1cc2c(-c3ccc(NC(=O)C(N)CC(C)(C)C)cc3C)ccnc2[nH]1. The lowest BCUT2D eigenvalue weighted by molar-refractivity contribution is -0.118. The summed E-state index contributed by atoms with van der Waals surface area (Å²) >= 11 is 0. The van der Waals surface area contributed by atoms with Crippen LogP contribution in [0.3, 0.4) is 0 Å². The van der Waals surface area contributed by atoms with Crippen molar-refractivity contribution in [3.63, 3.8) is 0 Å². The fourth-order valence-corrected chi connectivity index (χ4v) is 3.42. The van der Waals surface area contributed by atoms with Gasteiger partial charge in [0.25, 0.3) is 0 Å². The van der Waals surface area contributed by atoms with Crippen LogP contribution in [0.1, 0.15) is 38.4 Å². The second kappa shape index (κ2) is 7.16. The van der Waals surface area contributed by atoms with Crippen LogP contribution in [0, 0.1) is 19.3 Å². The van der Waals surface area contributed by atoms with Crippen molar-refractivity contribution in [2.45, 2.75) is 47.1 Å². The second-order valence-corrected chi connectivity index (χ2v) is 8.46. The minimum atomic E-state index is -0.521. The first-order chi connectivity index (χ1) is 12.6. The summed E-state index contributed by atoms with van der Waals surface area (Å²) in [7, 11) is 0. The van der Waals surface area contributed by atoms with Crippen LogP contribution in [-0.2, 0) is 4.79 Å². The number of nitrogens with zero attached hydrogens (tertiary/aromatic N) is 1. The number of anilines is 1. The highest BCUT2D eigenvalue weighted by Crippen LogP contribution is 2.31. The fraction of sp³-hybridized carbons (Fsp3) is 0.364. The normalized spacial score (nSPS) is 13.0. The number of carbonyl (C=O) groups is 1. The highest BCUT2D eigenvalue weighted by molar-refractivity contribution is 5.97. The molecule has 0 spiro atoms. The number of aromatic amines is 1. The highest BCUT2D eigenvalue weighted by atomic mass is 16.2. The van der Waals surface area contributed by atoms with E-state index in [9.17, 15) is 4.79 Å². The number of hydrogen-bond acceptors (Lipinski definition) is 3. The summed E-state index contributed by atoms with van der Waals surface area (Å²) < 4.78 is 0. The van der Waals surface area contributed by atoms with Gasteiger partial charge in [-0.05, 0) is 66.6 Å². The predicted molar refractivity (Wildman–Crippen MR) is 112 cm³/mol. The summed E-state index contributed by atoms with van der Waals surface area (Å²) in [6.07, 6.45) is 2.45. The maximum absolute atomic E-state index is 12.4.